The molecule has 4 heterocycles. The molecule has 1 N–H and O–H groups in total. The Bertz CT molecular complexity index is 1410. The number of aromatic nitrogens is 3. The Kier molecular flexibility index (Phi) is 6.13. The van der Waals surface area contributed by atoms with E-state index in [1.54, 1.807) is 14.2 Å². The number of methoxy groups -OCH3 is 2. The van der Waals surface area contributed by atoms with Gasteiger partial charge in [-0.15, -0.1) is 0 Å². The molecule has 2 aromatic carbocycles. The molecule has 1 saturated heterocycles. The molecule has 2 aliphatic rings. The van der Waals surface area contributed by atoms with E-state index in [9.17, 15) is 0 Å². The first kappa shape index (κ1) is 23.0. The van der Waals surface area contributed by atoms with Crippen molar-refractivity contribution in [3.63, 3.8) is 0 Å². The van der Waals surface area contributed by atoms with Gasteiger partial charge in [0.2, 0.25) is 12.7 Å². The van der Waals surface area contributed by atoms with Crippen LogP contribution in [0.3, 0.4) is 0 Å². The number of fused-ring (bicyclic) bond motifs is 2. The standard InChI is InChI=1S/C27H28N6O4/c1-34-23-12-19-5-6-28-26(21(19)13-24(23)35-2)32-7-9-33(10-8-32)27-30-15-20(16-31-27)29-14-18-3-4-22-25(11-18)37-17-36-22/h3-6,11-13,15-16,29H,7-10,14,17H2,1-2H3. The highest BCUT2D eigenvalue weighted by Gasteiger charge is 2.22. The van der Waals surface area contributed by atoms with Crippen molar-refractivity contribution < 1.29 is 18.9 Å². The van der Waals surface area contributed by atoms with Gasteiger partial charge in [0.05, 0.1) is 32.3 Å². The molecule has 10 heteroatoms. The number of hydrogen-bond acceptors (Lipinski definition) is 10. The van der Waals surface area contributed by atoms with Gasteiger partial charge >= 0.3 is 0 Å². The van der Waals surface area contributed by atoms with Crippen LogP contribution in [-0.4, -0.2) is 62.1 Å². The van der Waals surface area contributed by atoms with Crippen LogP contribution in [0.2, 0.25) is 0 Å². The summed E-state index contributed by atoms with van der Waals surface area (Å²) in [6.07, 6.45) is 5.50. The molecule has 10 nitrogen and oxygen atoms in total. The number of piperazine rings is 1. The summed E-state index contributed by atoms with van der Waals surface area (Å²) in [6.45, 7) is 4.15. The van der Waals surface area contributed by atoms with Crippen molar-refractivity contribution in [2.45, 2.75) is 6.54 Å². The summed E-state index contributed by atoms with van der Waals surface area (Å²) in [6, 6.07) is 11.9. The third kappa shape index (κ3) is 4.57. The minimum absolute atomic E-state index is 0.276. The van der Waals surface area contributed by atoms with Crippen molar-refractivity contribution >= 4 is 28.2 Å². The fourth-order valence-electron chi connectivity index (χ4n) is 4.69. The molecule has 190 valence electrons. The van der Waals surface area contributed by atoms with Crippen molar-refractivity contribution in [2.75, 3.05) is 62.3 Å². The maximum Gasteiger partial charge on any atom is 0.231 e. The Balaban J connectivity index is 1.09. The second-order valence-corrected chi connectivity index (χ2v) is 8.85. The molecule has 0 aliphatic carbocycles. The van der Waals surface area contributed by atoms with Gasteiger partial charge in [-0.2, -0.15) is 0 Å². The molecular formula is C27H28N6O4. The van der Waals surface area contributed by atoms with Crippen molar-refractivity contribution in [3.05, 3.63) is 60.6 Å². The predicted octanol–water partition coefficient (Wildman–Crippen LogP) is 3.71. The van der Waals surface area contributed by atoms with Gasteiger partial charge in [0, 0.05) is 44.3 Å². The monoisotopic (exact) mass is 500 g/mol. The van der Waals surface area contributed by atoms with E-state index in [2.05, 4.69) is 25.1 Å². The molecule has 37 heavy (non-hydrogen) atoms. The minimum Gasteiger partial charge on any atom is -0.493 e. The highest BCUT2D eigenvalue weighted by atomic mass is 16.7. The van der Waals surface area contributed by atoms with Gasteiger partial charge in [-0.25, -0.2) is 15.0 Å². The molecule has 2 aliphatic heterocycles. The molecule has 0 saturated carbocycles. The number of nitrogens with zero attached hydrogens (tertiary/aromatic N) is 5. The first-order valence-corrected chi connectivity index (χ1v) is 12.2. The van der Waals surface area contributed by atoms with Crippen molar-refractivity contribution in [3.8, 4) is 23.0 Å². The lowest BCUT2D eigenvalue weighted by Gasteiger charge is -2.35. The average molecular weight is 501 g/mol. The Morgan fingerprint density at radius 3 is 2.35 bits per heavy atom. The van der Waals surface area contributed by atoms with Gasteiger partial charge < -0.3 is 34.1 Å². The Morgan fingerprint density at radius 2 is 1.57 bits per heavy atom. The third-order valence-corrected chi connectivity index (χ3v) is 6.68. The van der Waals surface area contributed by atoms with E-state index in [1.165, 1.54) is 0 Å². The van der Waals surface area contributed by atoms with Gasteiger partial charge in [-0.05, 0) is 41.3 Å². The van der Waals surface area contributed by atoms with E-state index < -0.39 is 0 Å². The Hall–Kier alpha value is -4.47. The zero-order chi connectivity index (χ0) is 25.2. The molecule has 0 spiro atoms. The largest absolute Gasteiger partial charge is 0.493 e. The van der Waals surface area contributed by atoms with E-state index in [0.717, 1.165) is 71.5 Å². The quantitative estimate of drug-likeness (QED) is 0.405. The van der Waals surface area contributed by atoms with Gasteiger partial charge in [-0.3, -0.25) is 0 Å². The number of hydrogen-bond donors (Lipinski definition) is 1. The van der Waals surface area contributed by atoms with E-state index >= 15 is 0 Å². The molecule has 4 aromatic rings. The van der Waals surface area contributed by atoms with E-state index in [4.69, 9.17) is 23.9 Å². The molecule has 1 fully saturated rings. The maximum atomic E-state index is 5.52. The van der Waals surface area contributed by atoms with Crippen LogP contribution >= 0.6 is 0 Å². The molecule has 2 aromatic heterocycles. The van der Waals surface area contributed by atoms with Crippen LogP contribution in [0.1, 0.15) is 5.56 Å². The van der Waals surface area contributed by atoms with Crippen molar-refractivity contribution in [1.82, 2.24) is 15.0 Å². The van der Waals surface area contributed by atoms with Gasteiger partial charge in [0.1, 0.15) is 5.82 Å². The van der Waals surface area contributed by atoms with Crippen LogP contribution in [0.4, 0.5) is 17.5 Å². The summed E-state index contributed by atoms with van der Waals surface area (Å²) in [7, 11) is 3.30. The fraction of sp³-hybridized carbons (Fsp3) is 0.296. The SMILES string of the molecule is COc1cc2ccnc(N3CCN(c4ncc(NCc5ccc6c(c5)OCO6)cn4)CC3)c2cc1OC. The van der Waals surface area contributed by atoms with Crippen LogP contribution in [0, 0.1) is 0 Å². The highest BCUT2D eigenvalue weighted by molar-refractivity contribution is 5.94. The number of benzene rings is 2. The number of pyridine rings is 1. The number of nitrogens with one attached hydrogen (secondary N) is 1. The van der Waals surface area contributed by atoms with Crippen molar-refractivity contribution in [1.29, 1.82) is 0 Å². The molecule has 0 amide bonds. The Labute approximate surface area is 214 Å². The topological polar surface area (TPSA) is 94.1 Å². The van der Waals surface area contributed by atoms with Crippen molar-refractivity contribution in [2.24, 2.45) is 0 Å². The normalized spacial score (nSPS) is 14.6. The molecule has 0 atom stereocenters. The van der Waals surface area contributed by atoms with Crippen LogP contribution in [-0.2, 0) is 6.54 Å². The zero-order valence-electron chi connectivity index (χ0n) is 20.8. The first-order chi connectivity index (χ1) is 18.2. The predicted molar refractivity (Wildman–Crippen MR) is 141 cm³/mol. The summed E-state index contributed by atoms with van der Waals surface area (Å²) in [5, 5.41) is 5.48. The van der Waals surface area contributed by atoms with Gasteiger partial charge in [-0.1, -0.05) is 6.07 Å². The average Bonchev–Trinajstić information content (AvgIpc) is 3.43. The fourth-order valence-corrected chi connectivity index (χ4v) is 4.69. The highest BCUT2D eigenvalue weighted by Crippen LogP contribution is 2.36. The minimum atomic E-state index is 0.276. The molecular weight excluding hydrogens is 472 g/mol. The maximum absolute atomic E-state index is 5.52. The lowest BCUT2D eigenvalue weighted by molar-refractivity contribution is 0.174. The second kappa shape index (κ2) is 9.88. The van der Waals surface area contributed by atoms with E-state index in [0.29, 0.717) is 18.0 Å². The molecule has 6 rings (SSSR count). The number of rotatable bonds is 7. The summed E-state index contributed by atoms with van der Waals surface area (Å²) in [4.78, 5) is 18.4. The summed E-state index contributed by atoms with van der Waals surface area (Å²) < 4.78 is 21.8. The Morgan fingerprint density at radius 1 is 0.838 bits per heavy atom. The molecule has 0 unspecified atom stereocenters. The third-order valence-electron chi connectivity index (χ3n) is 6.68. The number of anilines is 3. The van der Waals surface area contributed by atoms with Crippen LogP contribution < -0.4 is 34.1 Å². The smallest absolute Gasteiger partial charge is 0.231 e. The summed E-state index contributed by atoms with van der Waals surface area (Å²) in [5.74, 6) is 4.65. The van der Waals surface area contributed by atoms with Crippen LogP contribution in [0.5, 0.6) is 23.0 Å². The van der Waals surface area contributed by atoms with Gasteiger partial charge in [0.25, 0.3) is 0 Å². The van der Waals surface area contributed by atoms with E-state index in [1.807, 2.05) is 55.0 Å². The lowest BCUT2D eigenvalue weighted by Crippen LogP contribution is -2.47. The summed E-state index contributed by atoms with van der Waals surface area (Å²) in [5.41, 5.74) is 1.96. The second-order valence-electron chi connectivity index (χ2n) is 8.85. The first-order valence-electron chi connectivity index (χ1n) is 12.2. The van der Waals surface area contributed by atoms with Gasteiger partial charge in [0.15, 0.2) is 23.0 Å². The summed E-state index contributed by atoms with van der Waals surface area (Å²) >= 11 is 0. The lowest BCUT2D eigenvalue weighted by atomic mass is 10.1. The van der Waals surface area contributed by atoms with Crippen LogP contribution in [0.25, 0.3) is 10.8 Å². The molecule has 0 radical (unpaired) electrons. The molecule has 0 bridgehead atoms. The number of ether oxygens (including phenoxy) is 4. The zero-order valence-corrected chi connectivity index (χ0v) is 20.8. The van der Waals surface area contributed by atoms with E-state index in [-0.39, 0.29) is 6.79 Å². The van der Waals surface area contributed by atoms with Crippen LogP contribution in [0.15, 0.2) is 55.0 Å².